The largest absolute Gasteiger partial charge is 0.465 e. The highest BCUT2D eigenvalue weighted by Gasteiger charge is 2.37. The number of Topliss-reactive ketones (excluding diaryl/α,β-unsaturated/α-hetero) is 1. The van der Waals surface area contributed by atoms with Crippen LogP contribution in [0.15, 0.2) is 73.1 Å². The van der Waals surface area contributed by atoms with Gasteiger partial charge in [-0.3, -0.25) is 28.3 Å². The molecule has 6 heterocycles. The van der Waals surface area contributed by atoms with Crippen molar-refractivity contribution in [3.05, 3.63) is 117 Å². The van der Waals surface area contributed by atoms with Gasteiger partial charge in [-0.2, -0.15) is 25.4 Å². The van der Waals surface area contributed by atoms with E-state index < -0.39 is 44.0 Å². The number of benzene rings is 2. The van der Waals surface area contributed by atoms with E-state index in [4.69, 9.17) is 27.9 Å². The molecule has 19 nitrogen and oxygen atoms in total. The molecular formula is C42H49Cl3F2N8O11S2. The molecule has 0 atom stereocenters. The summed E-state index contributed by atoms with van der Waals surface area (Å²) in [5.41, 5.74) is 1.73. The van der Waals surface area contributed by atoms with Gasteiger partial charge in [-0.05, 0) is 60.7 Å². The fraction of sp³-hybridized carbons (Fsp3) is 0.405. The number of piperazine rings is 2. The molecule has 0 amide bonds. The van der Waals surface area contributed by atoms with Crippen molar-refractivity contribution >= 4 is 85.1 Å². The van der Waals surface area contributed by atoms with E-state index in [9.17, 15) is 40.0 Å². The Kier molecular flexibility index (Phi) is 19.8. The molecule has 1 N–H and O–H groups in total. The second-order valence-corrected chi connectivity index (χ2v) is 19.6. The van der Waals surface area contributed by atoms with Crippen LogP contribution in [0.2, 0.25) is 10.0 Å². The van der Waals surface area contributed by atoms with Gasteiger partial charge in [0.1, 0.15) is 24.8 Å². The maximum absolute atomic E-state index is 13.8. The highest BCUT2D eigenvalue weighted by molar-refractivity contribution is 7.90. The highest BCUT2D eigenvalue weighted by atomic mass is 35.5. The fourth-order valence-electron chi connectivity index (χ4n) is 6.77. The summed E-state index contributed by atoms with van der Waals surface area (Å²) in [6.45, 7) is 5.29. The van der Waals surface area contributed by atoms with Crippen molar-refractivity contribution in [2.45, 2.75) is 19.1 Å². The smallest absolute Gasteiger partial charge is 0.339 e. The molecule has 0 radical (unpaired) electrons. The van der Waals surface area contributed by atoms with Gasteiger partial charge in [-0.1, -0.05) is 23.2 Å². The number of ether oxygens (including phenoxy) is 4. The molecule has 0 aliphatic carbocycles. The molecule has 4 aliphatic rings. The van der Waals surface area contributed by atoms with Gasteiger partial charge in [0, 0.05) is 64.8 Å². The normalized spacial score (nSPS) is 16.8. The number of anilines is 2. The molecule has 0 unspecified atom stereocenters. The molecular weight excluding hydrogens is 1000 g/mol. The quantitative estimate of drug-likeness (QED) is 0.189. The maximum Gasteiger partial charge on any atom is 0.339 e. The topological polar surface area (TPSA) is 210 Å². The van der Waals surface area contributed by atoms with E-state index in [0.29, 0.717) is 96.2 Å². The number of ketones is 1. The van der Waals surface area contributed by atoms with Crippen LogP contribution in [0.3, 0.4) is 0 Å². The van der Waals surface area contributed by atoms with E-state index in [0.717, 1.165) is 20.7 Å². The first-order chi connectivity index (χ1) is 32.0. The summed E-state index contributed by atoms with van der Waals surface area (Å²) in [5.74, 6) is -2.16. The number of halogens is 5. The van der Waals surface area contributed by atoms with Crippen molar-refractivity contribution in [1.82, 2.24) is 28.8 Å². The van der Waals surface area contributed by atoms with E-state index in [1.54, 1.807) is 6.07 Å². The second-order valence-electron chi connectivity index (χ2n) is 15.1. The van der Waals surface area contributed by atoms with E-state index in [2.05, 4.69) is 34.4 Å². The summed E-state index contributed by atoms with van der Waals surface area (Å²) in [5, 5.41) is 2.74. The molecule has 26 heteroatoms. The summed E-state index contributed by atoms with van der Waals surface area (Å²) in [6, 6.07) is 13.9. The minimum atomic E-state index is -3.98. The molecule has 0 bridgehead atoms. The summed E-state index contributed by atoms with van der Waals surface area (Å²) in [6.07, 6.45) is 2.64. The Bertz CT molecular complexity index is 2590. The predicted octanol–water partition coefficient (Wildman–Crippen LogP) is 3.75. The third kappa shape index (κ3) is 13.8. The zero-order valence-electron chi connectivity index (χ0n) is 36.8. The average molecular weight is 1050 g/mol. The third-order valence-electron chi connectivity index (χ3n) is 10.7. The van der Waals surface area contributed by atoms with E-state index in [-0.39, 0.29) is 63.8 Å². The van der Waals surface area contributed by atoms with Gasteiger partial charge in [0.25, 0.3) is 0 Å². The van der Waals surface area contributed by atoms with E-state index in [1.165, 1.54) is 77.7 Å². The standard InChI is InChI=1S/C21H24ClFN4O5S.C18H20ClFN4O4S.C3H4O2.ClH/c1-31-21(28)15-2-3-16(24-11-15)12-27(17-4-5-20(23)19(22)10-17)33(29,30)26-8-6-25(7-9-26)18-13-32-14-18;1-28-18(25)13-2-3-14(22-11-13)12-24(15-4-5-17(20)16(19)10-15)29(26,27)23-8-6-21-7-9-23;4-3-1-5-2-3;/h2-5,10-11,18H,6-9,12-14H2,1H3;2-5,10-11,21H,6-9,12H2,1H3;1-2H2;1H. The van der Waals surface area contributed by atoms with Crippen LogP contribution in [-0.2, 0) is 57.3 Å². The van der Waals surface area contributed by atoms with Crippen LogP contribution in [0.1, 0.15) is 32.1 Å². The first-order valence-electron chi connectivity index (χ1n) is 20.7. The maximum atomic E-state index is 13.8. The number of aromatic nitrogens is 2. The van der Waals surface area contributed by atoms with Gasteiger partial charge in [0.2, 0.25) is 0 Å². The van der Waals surface area contributed by atoms with Crippen molar-refractivity contribution in [3.63, 3.8) is 0 Å². The van der Waals surface area contributed by atoms with E-state index in [1.807, 2.05) is 0 Å². The summed E-state index contributed by atoms with van der Waals surface area (Å²) >= 11 is 11.8. The van der Waals surface area contributed by atoms with Crippen LogP contribution >= 0.6 is 35.6 Å². The summed E-state index contributed by atoms with van der Waals surface area (Å²) in [4.78, 5) is 43.6. The van der Waals surface area contributed by atoms with Crippen LogP contribution in [-0.4, -0.2) is 157 Å². The lowest BCUT2D eigenvalue weighted by atomic mass is 10.2. The molecule has 4 aromatic rings. The number of nitrogens with one attached hydrogen (secondary N) is 1. The van der Waals surface area contributed by atoms with Crippen molar-refractivity contribution in [3.8, 4) is 0 Å². The van der Waals surface area contributed by atoms with Crippen LogP contribution in [0, 0.1) is 11.6 Å². The zero-order chi connectivity index (χ0) is 48.3. The Balaban J connectivity index is 0.000000228. The van der Waals surface area contributed by atoms with Crippen LogP contribution in [0.5, 0.6) is 0 Å². The van der Waals surface area contributed by atoms with E-state index >= 15 is 0 Å². The number of carbonyl (C=O) groups excluding carboxylic acids is 3. The molecule has 4 saturated heterocycles. The zero-order valence-corrected chi connectivity index (χ0v) is 40.7. The number of carbonyl (C=O) groups is 3. The van der Waals surface area contributed by atoms with Gasteiger partial charge in [0.05, 0.1) is 90.5 Å². The average Bonchev–Trinajstić information content (AvgIpc) is 3.31. The van der Waals surface area contributed by atoms with Crippen LogP contribution in [0.25, 0.3) is 0 Å². The molecule has 4 aliphatic heterocycles. The molecule has 68 heavy (non-hydrogen) atoms. The molecule has 0 saturated carbocycles. The minimum Gasteiger partial charge on any atom is -0.465 e. The van der Waals surface area contributed by atoms with Gasteiger partial charge in [-0.25, -0.2) is 18.4 Å². The SMILES string of the molecule is COC(=O)c1ccc(CN(c2ccc(F)c(Cl)c2)S(=O)(=O)N2CCN(C3COC3)CC2)nc1.COC(=O)c1ccc(CN(c2ccc(F)c(Cl)c2)S(=O)(=O)N2CCNCC2)nc1.Cl.O=C1COC1. The van der Waals surface area contributed by atoms with Crippen LogP contribution in [0.4, 0.5) is 20.2 Å². The number of esters is 2. The van der Waals surface area contributed by atoms with Crippen molar-refractivity contribution in [1.29, 1.82) is 0 Å². The fourth-order valence-corrected chi connectivity index (χ4v) is 10.3. The predicted molar refractivity (Wildman–Crippen MR) is 249 cm³/mol. The Labute approximate surface area is 408 Å². The summed E-state index contributed by atoms with van der Waals surface area (Å²) in [7, 11) is -5.38. The first kappa shape index (κ1) is 54.3. The third-order valence-corrected chi connectivity index (χ3v) is 15.1. The Hall–Kier alpha value is -4.66. The Morgan fingerprint density at radius 3 is 1.46 bits per heavy atom. The highest BCUT2D eigenvalue weighted by Crippen LogP contribution is 2.30. The number of hydrogen-bond donors (Lipinski definition) is 1. The van der Waals surface area contributed by atoms with Crippen molar-refractivity contribution < 1.29 is 58.9 Å². The molecule has 4 fully saturated rings. The van der Waals surface area contributed by atoms with Gasteiger partial charge >= 0.3 is 32.4 Å². The second kappa shape index (κ2) is 24.8. The monoisotopic (exact) mass is 1050 g/mol. The molecule has 2 aromatic carbocycles. The number of methoxy groups -OCH3 is 2. The molecule has 370 valence electrons. The van der Waals surface area contributed by atoms with Gasteiger partial charge in [-0.15, -0.1) is 12.4 Å². The lowest BCUT2D eigenvalue weighted by Gasteiger charge is -2.43. The molecule has 0 spiro atoms. The Morgan fingerprint density at radius 2 is 1.13 bits per heavy atom. The number of pyridine rings is 2. The van der Waals surface area contributed by atoms with Gasteiger partial charge in [0.15, 0.2) is 5.78 Å². The van der Waals surface area contributed by atoms with Crippen molar-refractivity contribution in [2.75, 3.05) is 102 Å². The number of hydrogen-bond acceptors (Lipinski definition) is 15. The number of rotatable bonds is 13. The lowest BCUT2D eigenvalue weighted by molar-refractivity contribution is -0.140. The summed E-state index contributed by atoms with van der Waals surface area (Å²) < 4.78 is 105. The number of nitrogens with zero attached hydrogens (tertiary/aromatic N) is 7. The molecule has 2 aromatic heterocycles. The molecule has 8 rings (SSSR count). The first-order valence-corrected chi connectivity index (χ1v) is 24.2. The Morgan fingerprint density at radius 1 is 0.706 bits per heavy atom. The van der Waals surface area contributed by atoms with Gasteiger partial charge < -0.3 is 24.3 Å². The lowest BCUT2D eigenvalue weighted by Crippen LogP contribution is -2.59. The van der Waals surface area contributed by atoms with Crippen molar-refractivity contribution in [2.24, 2.45) is 0 Å². The minimum absolute atomic E-state index is 0. The van der Waals surface area contributed by atoms with Crippen LogP contribution < -0.4 is 13.9 Å².